The maximum Gasteiger partial charge on any atom is 0.230 e. The third-order valence-corrected chi connectivity index (χ3v) is 4.32. The summed E-state index contributed by atoms with van der Waals surface area (Å²) in [5.74, 6) is 1.83. The van der Waals surface area contributed by atoms with Gasteiger partial charge in [0.2, 0.25) is 11.9 Å². The molecule has 0 radical (unpaired) electrons. The summed E-state index contributed by atoms with van der Waals surface area (Å²) in [7, 11) is 0. The number of benzene rings is 2. The van der Waals surface area contributed by atoms with Crippen molar-refractivity contribution in [3.05, 3.63) is 60.2 Å². The number of anilines is 2. The number of hydrogen-bond acceptors (Lipinski definition) is 7. The van der Waals surface area contributed by atoms with Crippen molar-refractivity contribution in [3.63, 3.8) is 0 Å². The quantitative estimate of drug-likeness (QED) is 0.721. The number of phenols is 1. The van der Waals surface area contributed by atoms with E-state index < -0.39 is 0 Å². The molecule has 0 amide bonds. The smallest absolute Gasteiger partial charge is 0.230 e. The minimum Gasteiger partial charge on any atom is -0.508 e. The van der Waals surface area contributed by atoms with Gasteiger partial charge in [0.25, 0.3) is 0 Å². The highest BCUT2D eigenvalue weighted by molar-refractivity contribution is 5.60. The maximum absolute atomic E-state index is 9.80. The van der Waals surface area contributed by atoms with E-state index in [9.17, 15) is 5.11 Å². The van der Waals surface area contributed by atoms with E-state index in [1.54, 1.807) is 18.2 Å². The predicted molar refractivity (Wildman–Crippen MR) is 104 cm³/mol. The van der Waals surface area contributed by atoms with Crippen LogP contribution < -0.4 is 10.2 Å². The lowest BCUT2D eigenvalue weighted by Crippen LogP contribution is -2.37. The number of morpholine rings is 1. The molecule has 0 bridgehead atoms. The van der Waals surface area contributed by atoms with Crippen LogP contribution in [0.2, 0.25) is 0 Å². The molecule has 7 heteroatoms. The SMILES string of the molecule is Oc1cccc(-c2nc(NCc3ccccc3)nc(N3CCOCC3)n2)c1. The van der Waals surface area contributed by atoms with E-state index in [4.69, 9.17) is 4.74 Å². The summed E-state index contributed by atoms with van der Waals surface area (Å²) in [5, 5.41) is 13.1. The van der Waals surface area contributed by atoms with Gasteiger partial charge < -0.3 is 20.1 Å². The summed E-state index contributed by atoms with van der Waals surface area (Å²) < 4.78 is 5.43. The van der Waals surface area contributed by atoms with Gasteiger partial charge in [-0.2, -0.15) is 15.0 Å². The Balaban J connectivity index is 1.65. The van der Waals surface area contributed by atoms with Crippen molar-refractivity contribution in [2.45, 2.75) is 6.54 Å². The molecule has 138 valence electrons. The number of ether oxygens (including phenoxy) is 1. The van der Waals surface area contributed by atoms with Crippen LogP contribution in [-0.4, -0.2) is 46.4 Å². The largest absolute Gasteiger partial charge is 0.508 e. The van der Waals surface area contributed by atoms with E-state index >= 15 is 0 Å². The van der Waals surface area contributed by atoms with E-state index in [2.05, 4.69) is 25.2 Å². The second-order valence-electron chi connectivity index (χ2n) is 6.27. The number of aromatic nitrogens is 3. The van der Waals surface area contributed by atoms with Gasteiger partial charge in [-0.25, -0.2) is 0 Å². The fourth-order valence-corrected chi connectivity index (χ4v) is 2.90. The van der Waals surface area contributed by atoms with Crippen LogP contribution in [0.25, 0.3) is 11.4 Å². The molecule has 0 atom stereocenters. The van der Waals surface area contributed by atoms with Gasteiger partial charge in [0.15, 0.2) is 5.82 Å². The Morgan fingerprint density at radius 3 is 2.56 bits per heavy atom. The second kappa shape index (κ2) is 8.01. The number of rotatable bonds is 5. The highest BCUT2D eigenvalue weighted by atomic mass is 16.5. The van der Waals surface area contributed by atoms with Gasteiger partial charge in [-0.3, -0.25) is 0 Å². The first-order chi connectivity index (χ1) is 13.3. The average Bonchev–Trinajstić information content (AvgIpc) is 2.73. The molecule has 0 aliphatic carbocycles. The summed E-state index contributed by atoms with van der Waals surface area (Å²) in [4.78, 5) is 15.9. The minimum atomic E-state index is 0.180. The molecule has 0 unspecified atom stereocenters. The molecular formula is C20H21N5O2. The zero-order chi connectivity index (χ0) is 18.5. The van der Waals surface area contributed by atoms with Crippen LogP contribution in [0.5, 0.6) is 5.75 Å². The molecule has 4 rings (SSSR count). The van der Waals surface area contributed by atoms with Crippen molar-refractivity contribution >= 4 is 11.9 Å². The number of aromatic hydroxyl groups is 1. The zero-order valence-electron chi connectivity index (χ0n) is 14.9. The van der Waals surface area contributed by atoms with Gasteiger partial charge in [0.1, 0.15) is 5.75 Å². The predicted octanol–water partition coefficient (Wildman–Crippen LogP) is 2.69. The molecule has 3 aromatic rings. The van der Waals surface area contributed by atoms with Crippen molar-refractivity contribution in [2.75, 3.05) is 36.5 Å². The minimum absolute atomic E-state index is 0.180. The van der Waals surface area contributed by atoms with E-state index in [0.29, 0.717) is 37.5 Å². The van der Waals surface area contributed by atoms with Gasteiger partial charge in [-0.1, -0.05) is 42.5 Å². The topological polar surface area (TPSA) is 83.4 Å². The lowest BCUT2D eigenvalue weighted by atomic mass is 10.2. The standard InChI is InChI=1S/C20H21N5O2/c26-17-8-4-7-16(13-17)18-22-19(21-14-15-5-2-1-3-6-15)24-20(23-18)25-9-11-27-12-10-25/h1-8,13,26H,9-12,14H2,(H,21,22,23,24). The van der Waals surface area contributed by atoms with Crippen molar-refractivity contribution < 1.29 is 9.84 Å². The third kappa shape index (κ3) is 4.32. The Hall–Kier alpha value is -3.19. The van der Waals surface area contributed by atoms with E-state index in [1.165, 1.54) is 0 Å². The molecule has 27 heavy (non-hydrogen) atoms. The first-order valence-electron chi connectivity index (χ1n) is 8.94. The van der Waals surface area contributed by atoms with Crippen LogP contribution in [0, 0.1) is 0 Å². The van der Waals surface area contributed by atoms with Crippen LogP contribution in [0.4, 0.5) is 11.9 Å². The molecule has 1 aromatic heterocycles. The van der Waals surface area contributed by atoms with Crippen molar-refractivity contribution in [3.8, 4) is 17.1 Å². The van der Waals surface area contributed by atoms with Crippen molar-refractivity contribution in [1.29, 1.82) is 0 Å². The van der Waals surface area contributed by atoms with Crippen LogP contribution in [-0.2, 0) is 11.3 Å². The molecule has 0 saturated carbocycles. The van der Waals surface area contributed by atoms with Gasteiger partial charge >= 0.3 is 0 Å². The van der Waals surface area contributed by atoms with Gasteiger partial charge in [0.05, 0.1) is 13.2 Å². The molecule has 1 aliphatic rings. The van der Waals surface area contributed by atoms with Gasteiger partial charge in [-0.15, -0.1) is 0 Å². The first kappa shape index (κ1) is 17.2. The lowest BCUT2D eigenvalue weighted by Gasteiger charge is -2.27. The van der Waals surface area contributed by atoms with E-state index in [-0.39, 0.29) is 5.75 Å². The second-order valence-corrected chi connectivity index (χ2v) is 6.27. The molecule has 7 nitrogen and oxygen atoms in total. The number of phenolic OH excluding ortho intramolecular Hbond substituents is 1. The van der Waals surface area contributed by atoms with E-state index in [0.717, 1.165) is 24.2 Å². The highest BCUT2D eigenvalue weighted by Gasteiger charge is 2.17. The summed E-state index contributed by atoms with van der Waals surface area (Å²) in [5.41, 5.74) is 1.89. The Labute approximate surface area is 157 Å². The maximum atomic E-state index is 9.80. The molecule has 1 saturated heterocycles. The van der Waals surface area contributed by atoms with Crippen LogP contribution in [0.15, 0.2) is 54.6 Å². The number of nitrogens with zero attached hydrogens (tertiary/aromatic N) is 4. The summed E-state index contributed by atoms with van der Waals surface area (Å²) in [6.45, 7) is 3.40. The third-order valence-electron chi connectivity index (χ3n) is 4.32. The molecule has 2 heterocycles. The van der Waals surface area contributed by atoms with E-state index in [1.807, 2.05) is 36.4 Å². The normalized spacial score (nSPS) is 14.1. The summed E-state index contributed by atoms with van der Waals surface area (Å²) in [6.07, 6.45) is 0. The Bertz CT molecular complexity index is 898. The monoisotopic (exact) mass is 363 g/mol. The van der Waals surface area contributed by atoms with Gasteiger partial charge in [0, 0.05) is 25.2 Å². The molecule has 2 N–H and O–H groups in total. The molecule has 0 spiro atoms. The Morgan fingerprint density at radius 2 is 1.78 bits per heavy atom. The summed E-state index contributed by atoms with van der Waals surface area (Å²) in [6, 6.07) is 17.0. The Kier molecular flexibility index (Phi) is 5.11. The average molecular weight is 363 g/mol. The van der Waals surface area contributed by atoms with Crippen LogP contribution >= 0.6 is 0 Å². The molecule has 1 aliphatic heterocycles. The fraction of sp³-hybridized carbons (Fsp3) is 0.250. The molecular weight excluding hydrogens is 342 g/mol. The highest BCUT2D eigenvalue weighted by Crippen LogP contribution is 2.23. The zero-order valence-corrected chi connectivity index (χ0v) is 14.9. The van der Waals surface area contributed by atoms with Crippen LogP contribution in [0.3, 0.4) is 0 Å². The van der Waals surface area contributed by atoms with Gasteiger partial charge in [-0.05, 0) is 17.7 Å². The Morgan fingerprint density at radius 1 is 0.963 bits per heavy atom. The fourth-order valence-electron chi connectivity index (χ4n) is 2.90. The molecule has 1 fully saturated rings. The first-order valence-corrected chi connectivity index (χ1v) is 8.94. The lowest BCUT2D eigenvalue weighted by molar-refractivity contribution is 0.122. The van der Waals surface area contributed by atoms with Crippen LogP contribution in [0.1, 0.15) is 5.56 Å². The van der Waals surface area contributed by atoms with Crippen molar-refractivity contribution in [1.82, 2.24) is 15.0 Å². The van der Waals surface area contributed by atoms with Crippen molar-refractivity contribution in [2.24, 2.45) is 0 Å². The number of hydrogen-bond donors (Lipinski definition) is 2. The number of nitrogens with one attached hydrogen (secondary N) is 1. The summed E-state index contributed by atoms with van der Waals surface area (Å²) >= 11 is 0. The molecule has 2 aromatic carbocycles.